The minimum atomic E-state index is -0.392. The maximum atomic E-state index is 13.5. The molecule has 1 fully saturated rings. The number of carbonyl (C=O) groups is 1. The Morgan fingerprint density at radius 3 is 2.61 bits per heavy atom. The normalized spacial score (nSPS) is 28.2. The van der Waals surface area contributed by atoms with Gasteiger partial charge >= 0.3 is 0 Å². The molecule has 1 aromatic carbocycles. The lowest BCUT2D eigenvalue weighted by Crippen LogP contribution is -2.44. The standard InChI is InChI=1S/C27H31N3O3/c31-15-21-22-14-30-23(11-10-20(27(30)33)16-6-2-1-3-7-16)25(29-22)24(21)26(32)28-19-12-17-8-4-5-9-18(17)13-19/h4-6,8-11,19,21-22,24-25,29,31H,1-3,7,12-15H2,(H,28,32)/t21-,22-,24+,25+/m1/s1. The van der Waals surface area contributed by atoms with Gasteiger partial charge in [-0.05, 0) is 67.4 Å². The zero-order valence-corrected chi connectivity index (χ0v) is 18.8. The highest BCUT2D eigenvalue weighted by molar-refractivity contribution is 5.81. The van der Waals surface area contributed by atoms with Gasteiger partial charge in [0, 0.05) is 42.4 Å². The van der Waals surface area contributed by atoms with Crippen LogP contribution in [0.25, 0.3) is 5.57 Å². The molecule has 0 unspecified atom stereocenters. The van der Waals surface area contributed by atoms with E-state index in [1.54, 1.807) is 0 Å². The third-order valence-electron chi connectivity index (χ3n) is 8.18. The van der Waals surface area contributed by atoms with Gasteiger partial charge in [-0.3, -0.25) is 9.59 Å². The molecule has 2 bridgehead atoms. The molecule has 0 radical (unpaired) electrons. The molecule has 6 rings (SSSR count). The maximum absolute atomic E-state index is 13.5. The molecule has 0 saturated carbocycles. The lowest BCUT2D eigenvalue weighted by molar-refractivity contribution is -0.127. The smallest absolute Gasteiger partial charge is 0.258 e. The van der Waals surface area contributed by atoms with Crippen LogP contribution in [0.3, 0.4) is 0 Å². The number of aliphatic hydroxyl groups is 1. The summed E-state index contributed by atoms with van der Waals surface area (Å²) >= 11 is 0. The van der Waals surface area contributed by atoms with Crippen LogP contribution in [0.4, 0.5) is 0 Å². The lowest BCUT2D eigenvalue weighted by atomic mass is 9.86. The summed E-state index contributed by atoms with van der Waals surface area (Å²) in [6.45, 7) is 0.424. The van der Waals surface area contributed by atoms with Crippen molar-refractivity contribution in [3.8, 4) is 0 Å². The summed E-state index contributed by atoms with van der Waals surface area (Å²) in [5.74, 6) is -0.626. The molecule has 0 spiro atoms. The molecule has 3 N–H and O–H groups in total. The lowest BCUT2D eigenvalue weighted by Gasteiger charge is -2.29. The number of hydrogen-bond acceptors (Lipinski definition) is 4. The average molecular weight is 446 g/mol. The summed E-state index contributed by atoms with van der Waals surface area (Å²) in [7, 11) is 0. The Morgan fingerprint density at radius 1 is 1.12 bits per heavy atom. The van der Waals surface area contributed by atoms with E-state index in [1.807, 2.05) is 28.8 Å². The Morgan fingerprint density at radius 2 is 1.91 bits per heavy atom. The second kappa shape index (κ2) is 8.26. The molecular weight excluding hydrogens is 414 g/mol. The fraction of sp³-hybridized carbons (Fsp3) is 0.481. The number of allylic oxidation sites excluding steroid dienone is 2. The van der Waals surface area contributed by atoms with E-state index in [2.05, 4.69) is 28.8 Å². The molecule has 4 aliphatic rings. The van der Waals surface area contributed by atoms with Gasteiger partial charge in [0.1, 0.15) is 0 Å². The number of carbonyl (C=O) groups excluding carboxylic acids is 1. The quantitative estimate of drug-likeness (QED) is 0.675. The fourth-order valence-electron chi connectivity index (χ4n) is 6.53. The van der Waals surface area contributed by atoms with E-state index in [-0.39, 0.29) is 42.1 Å². The number of pyridine rings is 1. The van der Waals surface area contributed by atoms with Gasteiger partial charge in [0.25, 0.3) is 5.56 Å². The van der Waals surface area contributed by atoms with Crippen LogP contribution in [0, 0.1) is 11.8 Å². The van der Waals surface area contributed by atoms with Crippen LogP contribution in [0.2, 0.25) is 0 Å². The van der Waals surface area contributed by atoms with Gasteiger partial charge in [0.2, 0.25) is 5.91 Å². The third-order valence-corrected chi connectivity index (χ3v) is 8.18. The van der Waals surface area contributed by atoms with Gasteiger partial charge in [-0.15, -0.1) is 0 Å². The molecule has 6 heteroatoms. The largest absolute Gasteiger partial charge is 0.396 e. The fourth-order valence-corrected chi connectivity index (χ4v) is 6.53. The van der Waals surface area contributed by atoms with Crippen molar-refractivity contribution in [3.63, 3.8) is 0 Å². The van der Waals surface area contributed by atoms with Gasteiger partial charge in [-0.2, -0.15) is 0 Å². The number of nitrogens with one attached hydrogen (secondary N) is 2. The van der Waals surface area contributed by atoms with Crippen molar-refractivity contribution in [1.29, 1.82) is 0 Å². The van der Waals surface area contributed by atoms with Crippen molar-refractivity contribution in [2.75, 3.05) is 6.61 Å². The second-order valence-corrected chi connectivity index (χ2v) is 10.1. The number of nitrogens with zero attached hydrogens (tertiary/aromatic N) is 1. The number of amides is 1. The molecule has 1 amide bonds. The molecule has 4 atom stereocenters. The monoisotopic (exact) mass is 445 g/mol. The summed E-state index contributed by atoms with van der Waals surface area (Å²) in [6, 6.07) is 12.0. The van der Waals surface area contributed by atoms with Crippen molar-refractivity contribution in [3.05, 3.63) is 75.2 Å². The molecular formula is C27H31N3O3. The molecule has 1 aromatic heterocycles. The number of aromatic nitrogens is 1. The Bertz CT molecular complexity index is 1160. The zero-order valence-electron chi connectivity index (χ0n) is 18.8. The summed E-state index contributed by atoms with van der Waals surface area (Å²) in [4.78, 5) is 27.0. The topological polar surface area (TPSA) is 83.4 Å². The van der Waals surface area contributed by atoms with Crippen molar-refractivity contribution < 1.29 is 9.90 Å². The summed E-state index contributed by atoms with van der Waals surface area (Å²) in [5.41, 5.74) is 5.45. The highest BCUT2D eigenvalue weighted by Gasteiger charge is 2.51. The zero-order chi connectivity index (χ0) is 22.5. The van der Waals surface area contributed by atoms with E-state index in [0.717, 1.165) is 48.9 Å². The summed E-state index contributed by atoms with van der Waals surface area (Å²) in [5, 5.41) is 17.0. The first kappa shape index (κ1) is 20.9. The van der Waals surface area contributed by atoms with Crippen LogP contribution in [0.15, 0.2) is 47.3 Å². The van der Waals surface area contributed by atoms with E-state index in [4.69, 9.17) is 0 Å². The highest BCUT2D eigenvalue weighted by Crippen LogP contribution is 2.41. The van der Waals surface area contributed by atoms with Crippen LogP contribution in [-0.4, -0.2) is 34.3 Å². The summed E-state index contributed by atoms with van der Waals surface area (Å²) < 4.78 is 1.86. The number of benzene rings is 1. The average Bonchev–Trinajstić information content (AvgIpc) is 3.38. The third kappa shape index (κ3) is 3.47. The van der Waals surface area contributed by atoms with Crippen LogP contribution in [0.5, 0.6) is 0 Å². The van der Waals surface area contributed by atoms with Gasteiger partial charge < -0.3 is 20.3 Å². The molecule has 2 aromatic rings. The van der Waals surface area contributed by atoms with E-state index >= 15 is 0 Å². The summed E-state index contributed by atoms with van der Waals surface area (Å²) in [6.07, 6.45) is 8.18. The van der Waals surface area contributed by atoms with E-state index in [1.165, 1.54) is 17.5 Å². The van der Waals surface area contributed by atoms with Crippen molar-refractivity contribution in [1.82, 2.24) is 15.2 Å². The van der Waals surface area contributed by atoms with Gasteiger partial charge in [0.05, 0.1) is 12.0 Å². The molecule has 172 valence electrons. The van der Waals surface area contributed by atoms with E-state index in [9.17, 15) is 14.7 Å². The Labute approximate surface area is 193 Å². The minimum Gasteiger partial charge on any atom is -0.396 e. The van der Waals surface area contributed by atoms with Crippen LogP contribution in [0.1, 0.15) is 54.1 Å². The first-order chi connectivity index (χ1) is 16.1. The van der Waals surface area contributed by atoms with Crippen molar-refractivity contribution in [2.45, 2.75) is 63.2 Å². The Hall–Kier alpha value is -2.70. The maximum Gasteiger partial charge on any atom is 0.258 e. The molecule has 6 nitrogen and oxygen atoms in total. The SMILES string of the molecule is O=C(NC1Cc2ccccc2C1)[C@H]1[C@H](CO)[C@H]2Cn3c(ccc(C4=CCCCC4)c3=O)[C@@H]1N2. The predicted molar refractivity (Wildman–Crippen MR) is 127 cm³/mol. The van der Waals surface area contributed by atoms with Gasteiger partial charge in [-0.1, -0.05) is 30.3 Å². The van der Waals surface area contributed by atoms with Crippen molar-refractivity contribution in [2.24, 2.45) is 11.8 Å². The molecule has 2 aliphatic carbocycles. The number of rotatable bonds is 4. The molecule has 33 heavy (non-hydrogen) atoms. The van der Waals surface area contributed by atoms with E-state index in [0.29, 0.717) is 6.54 Å². The number of fused-ring (bicyclic) bond motifs is 5. The molecule has 3 heterocycles. The van der Waals surface area contributed by atoms with Crippen LogP contribution in [-0.2, 0) is 24.2 Å². The molecule has 2 aliphatic heterocycles. The van der Waals surface area contributed by atoms with Gasteiger partial charge in [-0.25, -0.2) is 0 Å². The Balaban J connectivity index is 1.28. The van der Waals surface area contributed by atoms with E-state index < -0.39 is 5.92 Å². The predicted octanol–water partition coefficient (Wildman–Crippen LogP) is 2.34. The number of hydrogen-bond donors (Lipinski definition) is 3. The molecule has 1 saturated heterocycles. The van der Waals surface area contributed by atoms with Gasteiger partial charge in [0.15, 0.2) is 0 Å². The number of aliphatic hydroxyl groups excluding tert-OH is 1. The Kier molecular flexibility index (Phi) is 5.23. The highest BCUT2D eigenvalue weighted by atomic mass is 16.3. The van der Waals surface area contributed by atoms with Crippen LogP contribution < -0.4 is 16.2 Å². The van der Waals surface area contributed by atoms with Crippen molar-refractivity contribution >= 4 is 11.5 Å². The second-order valence-electron chi connectivity index (χ2n) is 10.1. The minimum absolute atomic E-state index is 0.0215. The first-order valence-electron chi connectivity index (χ1n) is 12.3. The van der Waals surface area contributed by atoms with Crippen LogP contribution >= 0.6 is 0 Å². The first-order valence-corrected chi connectivity index (χ1v) is 12.3.